The third-order valence-corrected chi connectivity index (χ3v) is 26.6. The van der Waals surface area contributed by atoms with E-state index in [9.17, 15) is 15.3 Å². The predicted molar refractivity (Wildman–Crippen MR) is 358 cm³/mol. The second-order valence-corrected chi connectivity index (χ2v) is 47.3. The number of hydrogen-bond donors (Lipinski definition) is 3. The van der Waals surface area contributed by atoms with Crippen molar-refractivity contribution in [1.82, 2.24) is 0 Å². The van der Waals surface area contributed by atoms with Gasteiger partial charge in [-0.25, -0.2) is 0 Å². The maximum absolute atomic E-state index is 10.3. The molecule has 4 aliphatic rings. The lowest BCUT2D eigenvalue weighted by Gasteiger charge is -2.44. The lowest BCUT2D eigenvalue weighted by Crippen LogP contribution is -2.37. The van der Waals surface area contributed by atoms with Crippen molar-refractivity contribution in [2.75, 3.05) is 0 Å². The molecule has 0 bridgehead atoms. The van der Waals surface area contributed by atoms with Gasteiger partial charge >= 0.3 is 0 Å². The Labute approximate surface area is 486 Å². The molecule has 3 N–H and O–H groups in total. The van der Waals surface area contributed by atoms with Crippen molar-refractivity contribution >= 4 is 93.3 Å². The number of aliphatic hydroxyl groups is 3. The zero-order valence-electron chi connectivity index (χ0n) is 49.3. The Morgan fingerprint density at radius 2 is 1.25 bits per heavy atom. The van der Waals surface area contributed by atoms with E-state index < -0.39 is 24.2 Å². The molecule has 2 fully saturated rings. The van der Waals surface area contributed by atoms with Crippen LogP contribution in [0, 0.1) is 60.8 Å². The normalized spacial score (nSPS) is 22.1. The maximum atomic E-state index is 10.3. The Bertz CT molecular complexity index is 2940. The van der Waals surface area contributed by atoms with Crippen molar-refractivity contribution in [1.29, 1.82) is 0 Å². The third-order valence-electron chi connectivity index (χ3n) is 14.6. The van der Waals surface area contributed by atoms with Crippen LogP contribution in [0.4, 0.5) is 0 Å². The van der Waals surface area contributed by atoms with Gasteiger partial charge in [-0.2, -0.15) is 0 Å². The van der Waals surface area contributed by atoms with Crippen LogP contribution in [0.15, 0.2) is 119 Å². The lowest BCUT2D eigenvalue weighted by atomic mass is 9.67. The summed E-state index contributed by atoms with van der Waals surface area (Å²) in [4.78, 5) is 0. The molecule has 414 valence electrons. The van der Waals surface area contributed by atoms with E-state index in [0.717, 1.165) is 56.1 Å². The molecular weight excluding hydrogens is 1090 g/mol. The van der Waals surface area contributed by atoms with Crippen molar-refractivity contribution in [3.8, 4) is 23.3 Å². The van der Waals surface area contributed by atoms with Gasteiger partial charge in [0.15, 0.2) is 0 Å². The molecule has 0 unspecified atom stereocenters. The summed E-state index contributed by atoms with van der Waals surface area (Å²) >= 11 is 9.03. The monoisotopic (exact) mass is 1180 g/mol. The Balaban J connectivity index is 0.000000268. The van der Waals surface area contributed by atoms with Crippen LogP contribution in [-0.4, -0.2) is 57.9 Å². The quantitative estimate of drug-likeness (QED) is 0.125. The SMILES string of the molecule is C=C(C)C[C@@H](O)CC#CCC.C=C1C(c2cccc(C)c2)=C([Si](C)(C)C)C[C@@]2(C)C[C@@H](O)C[C@H]12.CC1=C2C[C@H](O)C[C@]2(C)CC([Si](C)(C)C)=C1c1cccc(C)c1.Cc1cccc(C#C[Si](C)(C)C)c1.S=S=S=S=S=S. The molecule has 3 nitrogen and oxygen atoms in total. The first-order valence-electron chi connectivity index (χ1n) is 27.0. The summed E-state index contributed by atoms with van der Waals surface area (Å²) in [5.74, 6) is 9.47. The van der Waals surface area contributed by atoms with Crippen molar-refractivity contribution in [2.24, 2.45) is 16.7 Å². The predicted octanol–water partition coefficient (Wildman–Crippen LogP) is 16.2. The van der Waals surface area contributed by atoms with Crippen molar-refractivity contribution < 1.29 is 15.3 Å². The van der Waals surface area contributed by atoms with Crippen molar-refractivity contribution in [3.05, 3.63) is 152 Å². The first-order chi connectivity index (χ1) is 35.3. The fourth-order valence-electron chi connectivity index (χ4n) is 11.2. The van der Waals surface area contributed by atoms with E-state index in [1.165, 1.54) is 91.2 Å². The molecule has 3 aromatic rings. The van der Waals surface area contributed by atoms with E-state index in [4.69, 9.17) is 0 Å². The fourth-order valence-corrected chi connectivity index (χ4v) is 21.2. The molecular formula is C64H92O3S6Si3. The van der Waals surface area contributed by atoms with Gasteiger partial charge in [-0.15, -0.1) is 24.0 Å². The molecule has 0 amide bonds. The minimum Gasteiger partial charge on any atom is -0.393 e. The topological polar surface area (TPSA) is 60.7 Å². The molecule has 0 saturated heterocycles. The van der Waals surface area contributed by atoms with Crippen LogP contribution in [0.2, 0.25) is 58.9 Å². The number of hydrogen-bond acceptors (Lipinski definition) is 5. The standard InChI is InChI=1S/2C21H30OSi.C12H16Si.C10H16O.S6/c2*1-14-8-7-9-16(10-14)20-15(2)18-11-17(22)12-21(18,3)13-19(20)23(4,5)6;1-11-6-5-7-12(10-11)8-9-13(2,3)4;1-4-5-6-7-10(11)8-9(2)3;1-3-5-6-4-2/h7-10,17,22H,11-13H2,1-6H3;7-10,17-18,22H,2,11-13H2,1,3-6H3;5-7,10H,1-4H3;10-11H,2,4,7-8H2,1,3H3;/t17-,21+;17-,18+,21+;;10-;/m00.0./s1. The summed E-state index contributed by atoms with van der Waals surface area (Å²) in [6, 6.07) is 26.2. The Morgan fingerprint density at radius 3 is 1.72 bits per heavy atom. The molecule has 12 heteroatoms. The average Bonchev–Trinajstić information content (AvgIpc) is 3.80. The van der Waals surface area contributed by atoms with Crippen LogP contribution in [0.5, 0.6) is 0 Å². The molecule has 2 saturated carbocycles. The Hall–Kier alpha value is -2.67. The van der Waals surface area contributed by atoms with Gasteiger partial charge in [0.2, 0.25) is 0 Å². The van der Waals surface area contributed by atoms with E-state index in [0.29, 0.717) is 18.8 Å². The van der Waals surface area contributed by atoms with Crippen LogP contribution >= 0.6 is 0 Å². The van der Waals surface area contributed by atoms with Crippen LogP contribution in [-0.2, 0) is 57.9 Å². The number of benzene rings is 3. The van der Waals surface area contributed by atoms with Crippen molar-refractivity contribution in [3.63, 3.8) is 0 Å². The first-order valence-corrected chi connectivity index (χ1v) is 44.1. The molecule has 7 rings (SSSR count). The zero-order valence-corrected chi connectivity index (χ0v) is 57.2. The summed E-state index contributed by atoms with van der Waals surface area (Å²) in [6.45, 7) is 47.1. The minimum atomic E-state index is -1.45. The summed E-state index contributed by atoms with van der Waals surface area (Å²) in [6.07, 6.45) is 7.29. The third kappa shape index (κ3) is 21.1. The van der Waals surface area contributed by atoms with Crippen LogP contribution < -0.4 is 0 Å². The first kappa shape index (κ1) is 67.6. The summed E-state index contributed by atoms with van der Waals surface area (Å²) in [7, 11) is 1.54. The van der Waals surface area contributed by atoms with E-state index in [-0.39, 0.29) is 29.1 Å². The second kappa shape index (κ2) is 30.2. The zero-order chi connectivity index (χ0) is 57.4. The molecule has 0 radical (unpaired) electrons. The van der Waals surface area contributed by atoms with E-state index >= 15 is 0 Å². The molecule has 3 aromatic carbocycles. The highest BCUT2D eigenvalue weighted by Crippen LogP contribution is 2.59. The van der Waals surface area contributed by atoms with Gasteiger partial charge in [0.1, 0.15) is 8.07 Å². The van der Waals surface area contributed by atoms with Gasteiger partial charge < -0.3 is 15.3 Å². The minimum absolute atomic E-state index is 0.162. The number of aliphatic hydroxyl groups excluding tert-OH is 3. The highest BCUT2D eigenvalue weighted by Gasteiger charge is 2.50. The van der Waals surface area contributed by atoms with Crippen LogP contribution in [0.3, 0.4) is 0 Å². The van der Waals surface area contributed by atoms with Gasteiger partial charge in [0.05, 0.1) is 34.5 Å². The number of allylic oxidation sites excluding steroid dienone is 6. The highest BCUT2D eigenvalue weighted by atomic mass is 33.3. The lowest BCUT2D eigenvalue weighted by molar-refractivity contribution is 0.163. The van der Waals surface area contributed by atoms with Gasteiger partial charge in [-0.3, -0.25) is 0 Å². The van der Waals surface area contributed by atoms with Crippen LogP contribution in [0.1, 0.15) is 126 Å². The largest absolute Gasteiger partial charge is 0.393 e. The van der Waals surface area contributed by atoms with Gasteiger partial charge in [0, 0.05) is 76.3 Å². The maximum Gasteiger partial charge on any atom is 0.129 e. The van der Waals surface area contributed by atoms with Crippen LogP contribution in [0.25, 0.3) is 11.1 Å². The molecule has 0 aromatic heterocycles. The molecule has 0 heterocycles. The van der Waals surface area contributed by atoms with E-state index in [1.54, 1.807) is 10.4 Å². The Kier molecular flexibility index (Phi) is 26.9. The summed E-state index contributed by atoms with van der Waals surface area (Å²) in [5.41, 5.74) is 19.6. The smallest absolute Gasteiger partial charge is 0.129 e. The summed E-state index contributed by atoms with van der Waals surface area (Å²) in [5, 5.41) is 33.2. The number of aryl methyl sites for hydroxylation is 3. The van der Waals surface area contributed by atoms with E-state index in [1.807, 2.05) is 13.8 Å². The Morgan fingerprint density at radius 1 is 0.737 bits per heavy atom. The second-order valence-electron chi connectivity index (χ2n) is 25.2. The van der Waals surface area contributed by atoms with Crippen molar-refractivity contribution in [2.45, 2.75) is 190 Å². The molecule has 4 aliphatic carbocycles. The fraction of sp³-hybridized carbons (Fsp3) is 0.500. The molecule has 6 atom stereocenters. The van der Waals surface area contributed by atoms with E-state index in [2.05, 4.69) is 232 Å². The molecule has 0 aliphatic heterocycles. The number of rotatable bonds is 7. The average molecular weight is 1190 g/mol. The van der Waals surface area contributed by atoms with Gasteiger partial charge in [-0.1, -0.05) is 186 Å². The molecule has 0 spiro atoms. The van der Waals surface area contributed by atoms with Gasteiger partial charge in [0.25, 0.3) is 0 Å². The molecule has 76 heavy (non-hydrogen) atoms. The highest BCUT2D eigenvalue weighted by molar-refractivity contribution is 8.64. The van der Waals surface area contributed by atoms with Gasteiger partial charge in [-0.05, 0) is 147 Å². The number of fused-ring (bicyclic) bond motifs is 2. The summed E-state index contributed by atoms with van der Waals surface area (Å²) < 4.78 is 0.